The first-order valence-corrected chi connectivity index (χ1v) is 6.79. The molecule has 104 valence electrons. The smallest absolute Gasteiger partial charge is 0.339 e. The lowest BCUT2D eigenvalue weighted by Crippen LogP contribution is -2.28. The van der Waals surface area contributed by atoms with Gasteiger partial charge in [0.2, 0.25) is 6.29 Å². The van der Waals surface area contributed by atoms with Gasteiger partial charge in [0, 0.05) is 5.57 Å². The second kappa shape index (κ2) is 3.93. The van der Waals surface area contributed by atoms with Gasteiger partial charge in [-0.2, -0.15) is 0 Å². The Morgan fingerprint density at radius 1 is 1.32 bits per heavy atom. The fraction of sp³-hybridized carbons (Fsp3) is 0.667. The number of hydrogen-bond donors (Lipinski definition) is 2. The van der Waals surface area contributed by atoms with Gasteiger partial charge in [0.25, 0.3) is 0 Å². The van der Waals surface area contributed by atoms with Crippen LogP contribution in [0.4, 0.5) is 0 Å². The topological polar surface area (TPSA) is 66.8 Å². The van der Waals surface area contributed by atoms with Gasteiger partial charge in [0.15, 0.2) is 0 Å². The van der Waals surface area contributed by atoms with Gasteiger partial charge in [-0.3, -0.25) is 0 Å². The van der Waals surface area contributed by atoms with E-state index in [9.17, 15) is 15.0 Å². The highest BCUT2D eigenvalue weighted by Gasteiger charge is 2.49. The number of ether oxygens (including phenoxy) is 1. The van der Waals surface area contributed by atoms with Crippen LogP contribution in [0.2, 0.25) is 0 Å². The third-order valence-corrected chi connectivity index (χ3v) is 4.76. The number of hydrogen-bond acceptors (Lipinski definition) is 4. The van der Waals surface area contributed by atoms with Crippen molar-refractivity contribution in [1.29, 1.82) is 0 Å². The largest absolute Gasteiger partial charge is 0.428 e. The summed E-state index contributed by atoms with van der Waals surface area (Å²) in [4.78, 5) is 11.8. The van der Waals surface area contributed by atoms with Crippen LogP contribution < -0.4 is 0 Å². The average Bonchev–Trinajstić information content (AvgIpc) is 2.73. The van der Waals surface area contributed by atoms with Crippen molar-refractivity contribution in [2.45, 2.75) is 46.0 Å². The molecule has 19 heavy (non-hydrogen) atoms. The molecular weight excluding hydrogens is 244 g/mol. The van der Waals surface area contributed by atoms with Gasteiger partial charge >= 0.3 is 5.97 Å². The van der Waals surface area contributed by atoms with Crippen molar-refractivity contribution in [3.8, 4) is 0 Å². The summed E-state index contributed by atoms with van der Waals surface area (Å²) in [6.45, 7) is 6.40. The van der Waals surface area contributed by atoms with Gasteiger partial charge in [0.05, 0.1) is 11.7 Å². The zero-order valence-electron chi connectivity index (χ0n) is 11.5. The van der Waals surface area contributed by atoms with Crippen LogP contribution in [0.1, 0.15) is 33.6 Å². The summed E-state index contributed by atoms with van der Waals surface area (Å²) in [5, 5.41) is 20.3. The molecular formula is C15H20O4. The standard InChI is InChI=1S/C15H20O4/c1-7-4-8-11(14(18)19-13(8)17)12(16)10-6-15(2,3)5-9(7)10/h4,9-10,12-13,16-17H,5-6H2,1-3H3. The van der Waals surface area contributed by atoms with E-state index in [0.29, 0.717) is 5.57 Å². The minimum atomic E-state index is -1.22. The number of cyclic esters (lactones) is 1. The van der Waals surface area contributed by atoms with Crippen molar-refractivity contribution in [1.82, 2.24) is 0 Å². The van der Waals surface area contributed by atoms with Crippen molar-refractivity contribution in [3.05, 3.63) is 22.8 Å². The Hall–Kier alpha value is -1.13. The molecule has 0 radical (unpaired) electrons. The molecule has 3 rings (SSSR count). The molecule has 1 fully saturated rings. The molecule has 1 heterocycles. The van der Waals surface area contributed by atoms with E-state index in [1.54, 1.807) is 0 Å². The van der Waals surface area contributed by atoms with Crippen LogP contribution in [-0.4, -0.2) is 28.6 Å². The number of carbonyl (C=O) groups excluding carboxylic acids is 1. The SMILES string of the molecule is CC1=CC2=C(C(=O)OC2O)C(O)C2CC(C)(C)CC12. The Balaban J connectivity index is 2.07. The van der Waals surface area contributed by atoms with E-state index < -0.39 is 18.4 Å². The molecule has 0 bridgehead atoms. The molecule has 0 saturated heterocycles. The molecule has 0 amide bonds. The number of fused-ring (bicyclic) bond motifs is 1. The van der Waals surface area contributed by atoms with Gasteiger partial charge in [-0.25, -0.2) is 4.79 Å². The molecule has 0 spiro atoms. The van der Waals surface area contributed by atoms with Crippen LogP contribution in [0.3, 0.4) is 0 Å². The van der Waals surface area contributed by atoms with Gasteiger partial charge in [-0.05, 0) is 37.0 Å². The van der Waals surface area contributed by atoms with Crippen molar-refractivity contribution in [2.75, 3.05) is 0 Å². The maximum Gasteiger partial charge on any atom is 0.339 e. The summed E-state index contributed by atoms with van der Waals surface area (Å²) in [6, 6.07) is 0. The lowest BCUT2D eigenvalue weighted by atomic mass is 9.85. The van der Waals surface area contributed by atoms with E-state index >= 15 is 0 Å². The number of carbonyl (C=O) groups is 1. The maximum atomic E-state index is 11.8. The molecule has 0 aromatic carbocycles. The van der Waals surface area contributed by atoms with E-state index in [1.807, 2.05) is 13.0 Å². The Morgan fingerprint density at radius 2 is 2.00 bits per heavy atom. The summed E-state index contributed by atoms with van der Waals surface area (Å²) >= 11 is 0. The van der Waals surface area contributed by atoms with E-state index in [2.05, 4.69) is 13.8 Å². The summed E-state index contributed by atoms with van der Waals surface area (Å²) in [7, 11) is 0. The second-order valence-corrected chi connectivity index (χ2v) is 6.80. The molecule has 4 heteroatoms. The first-order chi connectivity index (χ1) is 8.80. The van der Waals surface area contributed by atoms with Gasteiger partial charge in [-0.1, -0.05) is 25.5 Å². The molecule has 1 aliphatic heterocycles. The van der Waals surface area contributed by atoms with E-state index in [0.717, 1.165) is 18.4 Å². The number of esters is 1. The normalized spacial score (nSPS) is 40.5. The Kier molecular flexibility index (Phi) is 2.67. The van der Waals surface area contributed by atoms with E-state index in [4.69, 9.17) is 4.74 Å². The maximum absolute atomic E-state index is 11.8. The fourth-order valence-electron chi connectivity index (χ4n) is 3.93. The van der Waals surface area contributed by atoms with Gasteiger partial charge in [0.1, 0.15) is 0 Å². The molecule has 0 aromatic heterocycles. The molecule has 2 N–H and O–H groups in total. The summed E-state index contributed by atoms with van der Waals surface area (Å²) in [5.74, 6) is -0.267. The average molecular weight is 264 g/mol. The third kappa shape index (κ3) is 1.85. The molecule has 4 unspecified atom stereocenters. The highest BCUT2D eigenvalue weighted by atomic mass is 16.6. The Bertz CT molecular complexity index is 500. The van der Waals surface area contributed by atoms with Gasteiger partial charge < -0.3 is 14.9 Å². The summed E-state index contributed by atoms with van der Waals surface area (Å²) in [5.41, 5.74) is 2.00. The van der Waals surface area contributed by atoms with Gasteiger partial charge in [-0.15, -0.1) is 0 Å². The predicted octanol–water partition coefficient (Wildman–Crippen LogP) is 1.53. The van der Waals surface area contributed by atoms with Crippen LogP contribution in [0.25, 0.3) is 0 Å². The lowest BCUT2D eigenvalue weighted by Gasteiger charge is -2.23. The number of rotatable bonds is 0. The third-order valence-electron chi connectivity index (χ3n) is 4.76. The highest BCUT2D eigenvalue weighted by Crippen LogP contribution is 2.52. The van der Waals surface area contributed by atoms with Crippen molar-refractivity contribution >= 4 is 5.97 Å². The fourth-order valence-corrected chi connectivity index (χ4v) is 3.93. The second-order valence-electron chi connectivity index (χ2n) is 6.80. The predicted molar refractivity (Wildman–Crippen MR) is 68.9 cm³/mol. The number of allylic oxidation sites excluding steroid dienone is 1. The first-order valence-electron chi connectivity index (χ1n) is 6.79. The molecule has 0 aromatic rings. The van der Waals surface area contributed by atoms with Crippen LogP contribution in [0.5, 0.6) is 0 Å². The molecule has 1 saturated carbocycles. The van der Waals surface area contributed by atoms with Crippen LogP contribution in [0.15, 0.2) is 22.8 Å². The molecule has 3 aliphatic rings. The summed E-state index contributed by atoms with van der Waals surface area (Å²) < 4.78 is 4.82. The minimum Gasteiger partial charge on any atom is -0.428 e. The highest BCUT2D eigenvalue weighted by molar-refractivity contribution is 5.94. The Labute approximate surface area is 112 Å². The lowest BCUT2D eigenvalue weighted by molar-refractivity contribution is -0.152. The molecule has 4 nitrogen and oxygen atoms in total. The molecule has 4 atom stereocenters. The van der Waals surface area contributed by atoms with Crippen LogP contribution >= 0.6 is 0 Å². The number of aliphatic hydroxyl groups excluding tert-OH is 2. The van der Waals surface area contributed by atoms with E-state index in [1.165, 1.54) is 0 Å². The zero-order valence-corrected chi connectivity index (χ0v) is 11.5. The zero-order chi connectivity index (χ0) is 13.9. The van der Waals surface area contributed by atoms with Crippen molar-refractivity contribution < 1.29 is 19.7 Å². The first kappa shape index (κ1) is 12.9. The summed E-state index contributed by atoms with van der Waals surface area (Å²) in [6.07, 6.45) is 1.66. The quantitative estimate of drug-likeness (QED) is 0.651. The van der Waals surface area contributed by atoms with Crippen LogP contribution in [-0.2, 0) is 9.53 Å². The Morgan fingerprint density at radius 3 is 2.68 bits per heavy atom. The van der Waals surface area contributed by atoms with Crippen LogP contribution in [0, 0.1) is 17.3 Å². The molecule has 2 aliphatic carbocycles. The van der Waals surface area contributed by atoms with Crippen molar-refractivity contribution in [2.24, 2.45) is 17.3 Å². The minimum absolute atomic E-state index is 0.0385. The van der Waals surface area contributed by atoms with Crippen molar-refractivity contribution in [3.63, 3.8) is 0 Å². The van der Waals surface area contributed by atoms with E-state index in [-0.39, 0.29) is 22.8 Å². The number of aliphatic hydroxyl groups is 2. The monoisotopic (exact) mass is 264 g/mol.